The van der Waals surface area contributed by atoms with Crippen molar-refractivity contribution >= 4 is 6.09 Å². The van der Waals surface area contributed by atoms with Gasteiger partial charge in [-0.15, -0.1) is 0 Å². The lowest BCUT2D eigenvalue weighted by Crippen LogP contribution is -2.43. The summed E-state index contributed by atoms with van der Waals surface area (Å²) in [7, 11) is 1.93. The Morgan fingerprint density at radius 1 is 1.55 bits per heavy atom. The third kappa shape index (κ3) is 4.71. The zero-order chi connectivity index (χ0) is 16.3. The second-order valence-electron chi connectivity index (χ2n) is 6.76. The van der Waals surface area contributed by atoms with Crippen molar-refractivity contribution in [3.8, 4) is 0 Å². The van der Waals surface area contributed by atoms with Crippen LogP contribution in [0.1, 0.15) is 32.0 Å². The maximum absolute atomic E-state index is 11.6. The molecule has 0 radical (unpaired) electrons. The summed E-state index contributed by atoms with van der Waals surface area (Å²) in [6, 6.07) is 0. The van der Waals surface area contributed by atoms with E-state index in [9.17, 15) is 9.90 Å². The smallest absolute Gasteiger partial charge is 0.407 e. The lowest BCUT2D eigenvalue weighted by Gasteiger charge is -2.29. The van der Waals surface area contributed by atoms with E-state index in [4.69, 9.17) is 4.74 Å². The van der Waals surface area contributed by atoms with Gasteiger partial charge in [0.2, 0.25) is 0 Å². The molecule has 0 aliphatic carbocycles. The number of aliphatic hydroxyl groups is 1. The van der Waals surface area contributed by atoms with Gasteiger partial charge in [0.15, 0.2) is 0 Å². The van der Waals surface area contributed by atoms with Gasteiger partial charge < -0.3 is 15.2 Å². The van der Waals surface area contributed by atoms with Crippen LogP contribution in [-0.4, -0.2) is 57.2 Å². The molecule has 2 heterocycles. The second kappa shape index (κ2) is 6.66. The van der Waals surface area contributed by atoms with Crippen LogP contribution in [0.5, 0.6) is 0 Å². The number of aromatic nitrogens is 2. The van der Waals surface area contributed by atoms with E-state index in [1.807, 2.05) is 38.7 Å². The number of nitrogens with zero attached hydrogens (tertiary/aromatic N) is 3. The first-order valence-electron chi connectivity index (χ1n) is 7.61. The fraction of sp³-hybridized carbons (Fsp3) is 0.733. The second-order valence-corrected chi connectivity index (χ2v) is 6.76. The molecule has 7 nitrogen and oxygen atoms in total. The fourth-order valence-corrected chi connectivity index (χ4v) is 2.52. The van der Waals surface area contributed by atoms with Crippen LogP contribution in [0.3, 0.4) is 0 Å². The first-order chi connectivity index (χ1) is 10.2. The maximum Gasteiger partial charge on any atom is 0.407 e. The van der Waals surface area contributed by atoms with E-state index in [2.05, 4.69) is 15.3 Å². The number of amides is 1. The molecule has 0 fully saturated rings. The summed E-state index contributed by atoms with van der Waals surface area (Å²) in [5.74, 6) is 0. The molecule has 124 valence electrons. The minimum Gasteiger partial charge on any atom is -0.444 e. The molecule has 1 aliphatic rings. The standard InChI is InChI=1S/C15H26N4O3/c1-15(2,3)22-14(21)16-8-12(20)9-19-6-5-11-7-17-18(4)13(11)10-19/h7,12,20H,5-6,8-10H2,1-4H3,(H,16,21)/t12-/m0/s1. The number of rotatable bonds is 4. The number of alkyl carbamates (subject to hydrolysis) is 1. The SMILES string of the molecule is Cn1ncc2c1CN(C[C@@H](O)CNC(=O)OC(C)(C)C)CC2. The molecule has 22 heavy (non-hydrogen) atoms. The van der Waals surface area contributed by atoms with Gasteiger partial charge in [0.1, 0.15) is 5.60 Å². The number of carbonyl (C=O) groups is 1. The molecule has 1 aliphatic heterocycles. The Labute approximate surface area is 131 Å². The topological polar surface area (TPSA) is 79.6 Å². The number of hydrogen-bond donors (Lipinski definition) is 2. The van der Waals surface area contributed by atoms with Gasteiger partial charge in [0.25, 0.3) is 0 Å². The number of hydrogen-bond acceptors (Lipinski definition) is 5. The van der Waals surface area contributed by atoms with Gasteiger partial charge in [0.05, 0.1) is 18.0 Å². The Hall–Kier alpha value is -1.60. The molecule has 2 rings (SSSR count). The molecule has 0 saturated heterocycles. The fourth-order valence-electron chi connectivity index (χ4n) is 2.52. The maximum atomic E-state index is 11.6. The summed E-state index contributed by atoms with van der Waals surface area (Å²) in [5.41, 5.74) is 1.94. The van der Waals surface area contributed by atoms with Gasteiger partial charge >= 0.3 is 6.09 Å². The molecule has 1 aromatic rings. The average Bonchev–Trinajstić information content (AvgIpc) is 2.76. The average molecular weight is 310 g/mol. The zero-order valence-corrected chi connectivity index (χ0v) is 13.8. The molecule has 1 atom stereocenters. The summed E-state index contributed by atoms with van der Waals surface area (Å²) >= 11 is 0. The highest BCUT2D eigenvalue weighted by molar-refractivity contribution is 5.67. The van der Waals surface area contributed by atoms with Crippen LogP contribution in [-0.2, 0) is 24.8 Å². The quantitative estimate of drug-likeness (QED) is 0.854. The van der Waals surface area contributed by atoms with Crippen molar-refractivity contribution in [2.75, 3.05) is 19.6 Å². The van der Waals surface area contributed by atoms with Gasteiger partial charge in [-0.05, 0) is 32.8 Å². The predicted molar refractivity (Wildman–Crippen MR) is 82.4 cm³/mol. The van der Waals surface area contributed by atoms with Crippen molar-refractivity contribution in [3.63, 3.8) is 0 Å². The van der Waals surface area contributed by atoms with Crippen molar-refractivity contribution in [1.29, 1.82) is 0 Å². The van der Waals surface area contributed by atoms with Gasteiger partial charge in [-0.1, -0.05) is 0 Å². The Kier molecular flexibility index (Phi) is 5.08. The molecular formula is C15H26N4O3. The molecule has 0 unspecified atom stereocenters. The van der Waals surface area contributed by atoms with E-state index in [0.29, 0.717) is 6.54 Å². The molecule has 1 aromatic heterocycles. The van der Waals surface area contributed by atoms with E-state index < -0.39 is 17.8 Å². The van der Waals surface area contributed by atoms with Gasteiger partial charge in [-0.3, -0.25) is 9.58 Å². The van der Waals surface area contributed by atoms with Crippen molar-refractivity contribution in [2.45, 2.75) is 45.4 Å². The Balaban J connectivity index is 1.75. The third-order valence-corrected chi connectivity index (χ3v) is 3.57. The Morgan fingerprint density at radius 3 is 2.95 bits per heavy atom. The molecule has 0 bridgehead atoms. The minimum absolute atomic E-state index is 0.184. The van der Waals surface area contributed by atoms with Crippen LogP contribution in [0.4, 0.5) is 4.79 Å². The number of ether oxygens (including phenoxy) is 1. The molecule has 7 heteroatoms. The molecular weight excluding hydrogens is 284 g/mol. The molecule has 2 N–H and O–H groups in total. The third-order valence-electron chi connectivity index (χ3n) is 3.57. The largest absolute Gasteiger partial charge is 0.444 e. The number of aryl methyl sites for hydroxylation is 1. The van der Waals surface area contributed by atoms with Crippen LogP contribution in [0.15, 0.2) is 6.20 Å². The van der Waals surface area contributed by atoms with Crippen LogP contribution in [0, 0.1) is 0 Å². The van der Waals surface area contributed by atoms with E-state index >= 15 is 0 Å². The van der Waals surface area contributed by atoms with Gasteiger partial charge in [-0.2, -0.15) is 5.10 Å². The van der Waals surface area contributed by atoms with Crippen LogP contribution in [0.2, 0.25) is 0 Å². The highest BCUT2D eigenvalue weighted by atomic mass is 16.6. The number of carbonyl (C=O) groups excluding carboxylic acids is 1. The summed E-state index contributed by atoms with van der Waals surface area (Å²) < 4.78 is 7.03. The molecule has 0 aromatic carbocycles. The summed E-state index contributed by atoms with van der Waals surface area (Å²) in [4.78, 5) is 13.7. The van der Waals surface area contributed by atoms with Crippen LogP contribution in [0.25, 0.3) is 0 Å². The Morgan fingerprint density at radius 2 is 2.27 bits per heavy atom. The first-order valence-corrected chi connectivity index (χ1v) is 7.61. The lowest BCUT2D eigenvalue weighted by molar-refractivity contribution is 0.0463. The normalized spacial score (nSPS) is 17.0. The van der Waals surface area contributed by atoms with E-state index in [1.165, 1.54) is 11.3 Å². The zero-order valence-electron chi connectivity index (χ0n) is 13.8. The summed E-state index contributed by atoms with van der Waals surface area (Å²) in [6.45, 7) is 7.79. The molecule has 0 saturated carbocycles. The van der Waals surface area contributed by atoms with Crippen LogP contribution < -0.4 is 5.32 Å². The van der Waals surface area contributed by atoms with Crippen molar-refractivity contribution in [2.24, 2.45) is 7.05 Å². The highest BCUT2D eigenvalue weighted by Crippen LogP contribution is 2.17. The summed E-state index contributed by atoms with van der Waals surface area (Å²) in [5, 5.41) is 16.9. The summed E-state index contributed by atoms with van der Waals surface area (Å²) in [6.07, 6.45) is 1.73. The molecule has 0 spiro atoms. The highest BCUT2D eigenvalue weighted by Gasteiger charge is 2.22. The lowest BCUT2D eigenvalue weighted by atomic mass is 10.1. The number of fused-ring (bicyclic) bond motifs is 1. The van der Waals surface area contributed by atoms with Crippen molar-refractivity contribution in [3.05, 3.63) is 17.5 Å². The van der Waals surface area contributed by atoms with Gasteiger partial charge in [-0.25, -0.2) is 4.79 Å². The molecule has 1 amide bonds. The van der Waals surface area contributed by atoms with Crippen molar-refractivity contribution in [1.82, 2.24) is 20.0 Å². The monoisotopic (exact) mass is 310 g/mol. The van der Waals surface area contributed by atoms with Crippen molar-refractivity contribution < 1.29 is 14.6 Å². The van der Waals surface area contributed by atoms with E-state index in [0.717, 1.165) is 19.5 Å². The number of aliphatic hydroxyl groups excluding tert-OH is 1. The van der Waals surface area contributed by atoms with Crippen LogP contribution >= 0.6 is 0 Å². The van der Waals surface area contributed by atoms with Gasteiger partial charge in [0, 0.05) is 33.2 Å². The number of β-amino-alcohol motifs (C(OH)–C–C–N with tert-alkyl or cyclic N) is 1. The van der Waals surface area contributed by atoms with E-state index in [-0.39, 0.29) is 6.54 Å². The number of nitrogens with one attached hydrogen (secondary N) is 1. The predicted octanol–water partition coefficient (Wildman–Crippen LogP) is 0.664. The Bertz CT molecular complexity index is 521. The minimum atomic E-state index is -0.623. The van der Waals surface area contributed by atoms with E-state index in [1.54, 1.807) is 0 Å². The first kappa shape index (κ1) is 16.8.